The number of Topliss-reactive ketones (excluding diaryl/α,β-unsaturated/α-hetero) is 1. The van der Waals surface area contributed by atoms with Crippen LogP contribution in [0.25, 0.3) is 11.0 Å². The highest BCUT2D eigenvalue weighted by Crippen LogP contribution is 2.64. The van der Waals surface area contributed by atoms with Gasteiger partial charge in [-0.05, 0) is 98.9 Å². The van der Waals surface area contributed by atoms with Crippen molar-refractivity contribution in [2.24, 2.45) is 40.9 Å². The number of ketones is 1. The molecule has 7 heteroatoms. The topological polar surface area (TPSA) is 90.1 Å². The van der Waals surface area contributed by atoms with Crippen LogP contribution in [0, 0.1) is 40.9 Å². The smallest absolute Gasteiger partial charge is 0.157 e. The van der Waals surface area contributed by atoms with Crippen LogP contribution in [0.5, 0.6) is 0 Å². The van der Waals surface area contributed by atoms with Crippen LogP contribution >= 0.6 is 0 Å². The molecule has 7 nitrogen and oxygen atoms in total. The van der Waals surface area contributed by atoms with Crippen molar-refractivity contribution >= 4 is 16.8 Å². The first-order valence-electron chi connectivity index (χ1n) is 13.3. The van der Waals surface area contributed by atoms with E-state index in [1.54, 1.807) is 24.2 Å². The molecule has 4 saturated carbocycles. The summed E-state index contributed by atoms with van der Waals surface area (Å²) in [6.07, 6.45) is 13.4. The van der Waals surface area contributed by atoms with Gasteiger partial charge in [-0.2, -0.15) is 0 Å². The summed E-state index contributed by atoms with van der Waals surface area (Å²) in [6, 6.07) is 1.89. The van der Waals surface area contributed by atoms with Gasteiger partial charge in [-0.25, -0.2) is 4.68 Å². The SMILES string of the molecule is COC[C@@]1(O)CC[C@H]2[C@@H](CCC3[C@@H]2CC[C@]2(C)[C@@H](C(=O)Cn4nnc5cnccc54)CC[C@@H]32)C1. The number of pyridine rings is 1. The van der Waals surface area contributed by atoms with Gasteiger partial charge in [0.25, 0.3) is 0 Å². The molecule has 0 bridgehead atoms. The number of rotatable bonds is 5. The molecule has 184 valence electrons. The number of ether oxygens (including phenoxy) is 1. The maximum Gasteiger partial charge on any atom is 0.157 e. The molecule has 4 aliphatic carbocycles. The molecule has 0 saturated heterocycles. The van der Waals surface area contributed by atoms with Crippen LogP contribution in [0.3, 0.4) is 0 Å². The van der Waals surface area contributed by atoms with Crippen molar-refractivity contribution in [2.75, 3.05) is 13.7 Å². The van der Waals surface area contributed by atoms with Crippen LogP contribution in [0.4, 0.5) is 0 Å². The number of methoxy groups -OCH3 is 1. The Morgan fingerprint density at radius 1 is 1.15 bits per heavy atom. The molecule has 0 aliphatic heterocycles. The highest BCUT2D eigenvalue weighted by molar-refractivity contribution is 5.84. The third-order valence-corrected chi connectivity index (χ3v) is 10.5. The fourth-order valence-electron chi connectivity index (χ4n) is 9.09. The Morgan fingerprint density at radius 2 is 2.00 bits per heavy atom. The van der Waals surface area contributed by atoms with Gasteiger partial charge in [0, 0.05) is 19.2 Å². The number of hydrogen-bond donors (Lipinski definition) is 1. The van der Waals surface area contributed by atoms with E-state index >= 15 is 0 Å². The van der Waals surface area contributed by atoms with E-state index in [1.807, 2.05) is 6.07 Å². The number of aromatic nitrogens is 4. The lowest BCUT2D eigenvalue weighted by Crippen LogP contribution is -2.52. The number of carbonyl (C=O) groups is 1. The van der Waals surface area contributed by atoms with Crippen LogP contribution in [0.15, 0.2) is 18.5 Å². The minimum absolute atomic E-state index is 0.106. The van der Waals surface area contributed by atoms with E-state index in [2.05, 4.69) is 22.2 Å². The summed E-state index contributed by atoms with van der Waals surface area (Å²) in [6.45, 7) is 3.19. The molecule has 6 rings (SSSR count). The molecule has 1 N–H and O–H groups in total. The van der Waals surface area contributed by atoms with Crippen molar-refractivity contribution in [2.45, 2.75) is 76.9 Å². The minimum Gasteiger partial charge on any atom is -0.387 e. The average Bonchev–Trinajstić information content (AvgIpc) is 3.39. The maximum atomic E-state index is 13.6. The van der Waals surface area contributed by atoms with Gasteiger partial charge >= 0.3 is 0 Å². The molecule has 0 radical (unpaired) electrons. The monoisotopic (exact) mass is 466 g/mol. The molecule has 2 heterocycles. The molecule has 0 spiro atoms. The summed E-state index contributed by atoms with van der Waals surface area (Å²) in [5, 5.41) is 19.4. The number of nitrogens with zero attached hydrogens (tertiary/aromatic N) is 4. The second-order valence-electron chi connectivity index (χ2n) is 12.1. The Kier molecular flexibility index (Phi) is 5.56. The van der Waals surface area contributed by atoms with E-state index in [1.165, 1.54) is 25.7 Å². The molecule has 0 aromatic carbocycles. The Labute approximate surface area is 201 Å². The predicted octanol–water partition coefficient (Wildman–Crippen LogP) is 4.04. The van der Waals surface area contributed by atoms with Gasteiger partial charge in [-0.1, -0.05) is 12.1 Å². The van der Waals surface area contributed by atoms with Gasteiger partial charge in [0.2, 0.25) is 0 Å². The summed E-state index contributed by atoms with van der Waals surface area (Å²) in [5.41, 5.74) is 1.11. The van der Waals surface area contributed by atoms with E-state index in [0.717, 1.165) is 60.9 Å². The Balaban J connectivity index is 1.17. The summed E-state index contributed by atoms with van der Waals surface area (Å²) >= 11 is 0. The largest absolute Gasteiger partial charge is 0.387 e. The molecular weight excluding hydrogens is 428 g/mol. The highest BCUT2D eigenvalue weighted by Gasteiger charge is 2.59. The molecule has 34 heavy (non-hydrogen) atoms. The summed E-state index contributed by atoms with van der Waals surface area (Å²) < 4.78 is 7.10. The van der Waals surface area contributed by atoms with E-state index < -0.39 is 5.60 Å². The Morgan fingerprint density at radius 3 is 2.85 bits per heavy atom. The molecule has 1 unspecified atom stereocenters. The lowest BCUT2D eigenvalue weighted by molar-refractivity contribution is -0.136. The first-order valence-corrected chi connectivity index (χ1v) is 13.3. The third kappa shape index (κ3) is 3.53. The fraction of sp³-hybridized carbons (Fsp3) is 0.778. The number of carbonyl (C=O) groups excluding carboxylic acids is 1. The summed E-state index contributed by atoms with van der Waals surface area (Å²) in [4.78, 5) is 17.7. The van der Waals surface area contributed by atoms with Crippen molar-refractivity contribution < 1.29 is 14.6 Å². The number of fused-ring (bicyclic) bond motifs is 6. The van der Waals surface area contributed by atoms with Gasteiger partial charge < -0.3 is 9.84 Å². The average molecular weight is 467 g/mol. The molecule has 2 aromatic rings. The van der Waals surface area contributed by atoms with E-state index in [0.29, 0.717) is 30.8 Å². The zero-order valence-corrected chi connectivity index (χ0v) is 20.5. The lowest BCUT2D eigenvalue weighted by Gasteiger charge is -2.57. The zero-order chi connectivity index (χ0) is 23.5. The van der Waals surface area contributed by atoms with Gasteiger partial charge in [-0.3, -0.25) is 9.78 Å². The van der Waals surface area contributed by atoms with Crippen molar-refractivity contribution in [1.29, 1.82) is 0 Å². The van der Waals surface area contributed by atoms with Crippen LogP contribution in [0.1, 0.15) is 64.7 Å². The van der Waals surface area contributed by atoms with Crippen LogP contribution in [-0.2, 0) is 16.1 Å². The summed E-state index contributed by atoms with van der Waals surface area (Å²) in [7, 11) is 1.70. The molecule has 8 atom stereocenters. The van der Waals surface area contributed by atoms with E-state index in [4.69, 9.17) is 4.74 Å². The normalized spacial score (nSPS) is 41.6. The van der Waals surface area contributed by atoms with Crippen LogP contribution < -0.4 is 0 Å². The fourth-order valence-corrected chi connectivity index (χ4v) is 9.09. The number of hydrogen-bond acceptors (Lipinski definition) is 6. The van der Waals surface area contributed by atoms with Crippen LogP contribution in [-0.4, -0.2) is 50.2 Å². The zero-order valence-electron chi connectivity index (χ0n) is 20.5. The Hall–Kier alpha value is -1.86. The molecule has 4 aliphatic rings. The van der Waals surface area contributed by atoms with Gasteiger partial charge in [0.1, 0.15) is 12.1 Å². The van der Waals surface area contributed by atoms with Gasteiger partial charge in [0.05, 0.1) is 23.9 Å². The first kappa shape index (κ1) is 22.6. The van der Waals surface area contributed by atoms with E-state index in [9.17, 15) is 9.90 Å². The lowest BCUT2D eigenvalue weighted by atomic mass is 9.49. The number of aliphatic hydroxyl groups is 1. The van der Waals surface area contributed by atoms with Gasteiger partial charge in [-0.15, -0.1) is 5.10 Å². The second-order valence-corrected chi connectivity index (χ2v) is 12.1. The van der Waals surface area contributed by atoms with Crippen molar-refractivity contribution in [3.05, 3.63) is 18.5 Å². The minimum atomic E-state index is -0.627. The van der Waals surface area contributed by atoms with Gasteiger partial charge in [0.15, 0.2) is 5.78 Å². The first-order chi connectivity index (χ1) is 16.4. The highest BCUT2D eigenvalue weighted by atomic mass is 16.5. The molecule has 4 fully saturated rings. The standard InChI is InChI=1S/C27H38N4O3/c1-26-10-7-19-18-8-11-27(33,16-34-2)13-17(18)3-4-20(19)21(26)5-6-22(26)25(32)15-31-24-9-12-28-14-23(24)29-30-31/h9,12,14,17-22,33H,3-8,10-11,13,15-16H2,1-2H3/t17-,18-,19+,20?,21-,22+,26-,27+/m0/s1. The third-order valence-electron chi connectivity index (χ3n) is 10.5. The van der Waals surface area contributed by atoms with Crippen LogP contribution in [0.2, 0.25) is 0 Å². The molecular formula is C27H38N4O3. The van der Waals surface area contributed by atoms with Crippen molar-refractivity contribution in [1.82, 2.24) is 20.0 Å². The predicted molar refractivity (Wildman–Crippen MR) is 128 cm³/mol. The summed E-state index contributed by atoms with van der Waals surface area (Å²) in [5.74, 6) is 3.98. The molecule has 2 aromatic heterocycles. The molecule has 0 amide bonds. The van der Waals surface area contributed by atoms with E-state index in [-0.39, 0.29) is 11.3 Å². The quantitative estimate of drug-likeness (QED) is 0.715. The van der Waals surface area contributed by atoms with Crippen molar-refractivity contribution in [3.63, 3.8) is 0 Å². The Bertz CT molecular complexity index is 1070. The van der Waals surface area contributed by atoms with Crippen molar-refractivity contribution in [3.8, 4) is 0 Å². The maximum absolute atomic E-state index is 13.6. The second kappa shape index (κ2) is 8.37.